The first-order valence-electron chi connectivity index (χ1n) is 6.76. The van der Waals surface area contributed by atoms with E-state index in [0.717, 1.165) is 24.0 Å². The van der Waals surface area contributed by atoms with Gasteiger partial charge in [0.15, 0.2) is 6.61 Å². The van der Waals surface area contributed by atoms with Crippen LogP contribution in [0.2, 0.25) is 0 Å². The van der Waals surface area contributed by atoms with Gasteiger partial charge in [-0.3, -0.25) is 4.79 Å². The molecule has 0 saturated heterocycles. The van der Waals surface area contributed by atoms with Crippen LogP contribution in [-0.2, 0) is 4.79 Å². The molecule has 1 rings (SSSR count). The molecule has 0 bridgehead atoms. The highest BCUT2D eigenvalue weighted by atomic mass is 16.5. The summed E-state index contributed by atoms with van der Waals surface area (Å²) in [5, 5.41) is 2.94. The lowest BCUT2D eigenvalue weighted by molar-refractivity contribution is -0.123. The molecule has 0 aliphatic heterocycles. The highest BCUT2D eigenvalue weighted by Crippen LogP contribution is 2.24. The number of nitrogen functional groups attached to an aromatic ring is 1. The van der Waals surface area contributed by atoms with Crippen LogP contribution in [0.1, 0.15) is 37.8 Å². The number of hydrogen-bond acceptors (Lipinski definition) is 3. The van der Waals surface area contributed by atoms with Crippen molar-refractivity contribution in [1.29, 1.82) is 0 Å². The number of amides is 1. The van der Waals surface area contributed by atoms with Gasteiger partial charge >= 0.3 is 0 Å². The maximum Gasteiger partial charge on any atom is 0.258 e. The van der Waals surface area contributed by atoms with Gasteiger partial charge in [-0.1, -0.05) is 19.9 Å². The Kier molecular flexibility index (Phi) is 5.67. The molecule has 106 valence electrons. The van der Waals surface area contributed by atoms with Crippen LogP contribution in [0, 0.1) is 13.8 Å². The molecule has 0 radical (unpaired) electrons. The summed E-state index contributed by atoms with van der Waals surface area (Å²) in [5.74, 6) is 0.579. The van der Waals surface area contributed by atoms with Gasteiger partial charge in [-0.25, -0.2) is 0 Å². The summed E-state index contributed by atoms with van der Waals surface area (Å²) in [6, 6.07) is 3.96. The van der Waals surface area contributed by atoms with Crippen LogP contribution in [0.25, 0.3) is 0 Å². The number of hydrogen-bond donors (Lipinski definition) is 2. The highest BCUT2D eigenvalue weighted by molar-refractivity contribution is 5.78. The van der Waals surface area contributed by atoms with Gasteiger partial charge in [-0.2, -0.15) is 0 Å². The lowest BCUT2D eigenvalue weighted by Crippen LogP contribution is -2.37. The third-order valence-corrected chi connectivity index (χ3v) is 3.27. The molecule has 0 aromatic heterocycles. The van der Waals surface area contributed by atoms with Gasteiger partial charge in [0.1, 0.15) is 5.75 Å². The molecular formula is C15H24N2O2. The molecule has 4 nitrogen and oxygen atoms in total. The predicted octanol–water partition coefficient (Wildman–Crippen LogP) is 2.57. The minimum Gasteiger partial charge on any atom is -0.483 e. The lowest BCUT2D eigenvalue weighted by Gasteiger charge is -2.16. The number of carbonyl (C=O) groups excluding carboxylic acids is 1. The topological polar surface area (TPSA) is 64.3 Å². The van der Waals surface area contributed by atoms with Gasteiger partial charge in [0.25, 0.3) is 5.91 Å². The van der Waals surface area contributed by atoms with Crippen molar-refractivity contribution in [3.05, 3.63) is 23.3 Å². The van der Waals surface area contributed by atoms with E-state index in [0.29, 0.717) is 11.4 Å². The molecule has 0 heterocycles. The van der Waals surface area contributed by atoms with Gasteiger partial charge in [0.2, 0.25) is 0 Å². The smallest absolute Gasteiger partial charge is 0.258 e. The second kappa shape index (κ2) is 7.02. The molecule has 0 aliphatic rings. The number of nitrogens with one attached hydrogen (secondary N) is 1. The Hall–Kier alpha value is -1.71. The van der Waals surface area contributed by atoms with Gasteiger partial charge in [0, 0.05) is 17.8 Å². The molecule has 0 spiro atoms. The largest absolute Gasteiger partial charge is 0.483 e. The summed E-state index contributed by atoms with van der Waals surface area (Å²) in [6.45, 7) is 8.03. The number of benzene rings is 1. The Morgan fingerprint density at radius 1 is 1.26 bits per heavy atom. The normalized spacial score (nSPS) is 10.6. The van der Waals surface area contributed by atoms with Crippen molar-refractivity contribution < 1.29 is 9.53 Å². The van der Waals surface area contributed by atoms with Crippen LogP contribution in [0.5, 0.6) is 5.75 Å². The molecule has 0 atom stereocenters. The number of ether oxygens (including phenoxy) is 1. The van der Waals surface area contributed by atoms with E-state index in [1.165, 1.54) is 0 Å². The van der Waals surface area contributed by atoms with Crippen molar-refractivity contribution in [1.82, 2.24) is 5.32 Å². The van der Waals surface area contributed by atoms with Crippen molar-refractivity contribution in [3.63, 3.8) is 0 Å². The number of nitrogens with two attached hydrogens (primary N) is 1. The summed E-state index contributed by atoms with van der Waals surface area (Å²) >= 11 is 0. The Bertz CT molecular complexity index is 440. The van der Waals surface area contributed by atoms with Crippen molar-refractivity contribution in [2.45, 2.75) is 46.6 Å². The van der Waals surface area contributed by atoms with Gasteiger partial charge in [-0.05, 0) is 37.8 Å². The van der Waals surface area contributed by atoms with E-state index in [9.17, 15) is 4.79 Å². The molecule has 0 aliphatic carbocycles. The molecule has 3 N–H and O–H groups in total. The summed E-state index contributed by atoms with van der Waals surface area (Å²) in [5.41, 5.74) is 8.53. The van der Waals surface area contributed by atoms with Crippen LogP contribution < -0.4 is 15.8 Å². The Morgan fingerprint density at radius 3 is 2.47 bits per heavy atom. The summed E-state index contributed by atoms with van der Waals surface area (Å²) in [4.78, 5) is 11.7. The summed E-state index contributed by atoms with van der Waals surface area (Å²) in [7, 11) is 0. The molecule has 19 heavy (non-hydrogen) atoms. The van der Waals surface area contributed by atoms with Crippen LogP contribution in [0.3, 0.4) is 0 Å². The van der Waals surface area contributed by atoms with E-state index in [4.69, 9.17) is 10.5 Å². The van der Waals surface area contributed by atoms with Crippen LogP contribution in [-0.4, -0.2) is 18.6 Å². The van der Waals surface area contributed by atoms with Crippen LogP contribution in [0.15, 0.2) is 12.1 Å². The van der Waals surface area contributed by atoms with E-state index < -0.39 is 0 Å². The third-order valence-electron chi connectivity index (χ3n) is 3.27. The van der Waals surface area contributed by atoms with Crippen LogP contribution >= 0.6 is 0 Å². The molecule has 4 heteroatoms. The van der Waals surface area contributed by atoms with Gasteiger partial charge < -0.3 is 15.8 Å². The zero-order valence-corrected chi connectivity index (χ0v) is 12.2. The number of carbonyl (C=O) groups is 1. The first-order chi connectivity index (χ1) is 8.97. The SMILES string of the molecule is CCC(CC)NC(=O)COc1cc(N)c(C)cc1C. The maximum atomic E-state index is 11.7. The quantitative estimate of drug-likeness (QED) is 0.776. The molecule has 0 unspecified atom stereocenters. The van der Waals surface area contributed by atoms with E-state index in [1.807, 2.05) is 19.9 Å². The van der Waals surface area contributed by atoms with Crippen molar-refractivity contribution >= 4 is 11.6 Å². The molecule has 1 aromatic carbocycles. The molecular weight excluding hydrogens is 240 g/mol. The van der Waals surface area contributed by atoms with Crippen molar-refractivity contribution in [3.8, 4) is 5.75 Å². The highest BCUT2D eigenvalue weighted by Gasteiger charge is 2.10. The molecule has 0 saturated carbocycles. The first-order valence-corrected chi connectivity index (χ1v) is 6.76. The predicted molar refractivity (Wildman–Crippen MR) is 78.3 cm³/mol. The second-order valence-corrected chi connectivity index (χ2v) is 4.84. The lowest BCUT2D eigenvalue weighted by atomic mass is 10.1. The minimum absolute atomic E-state index is 0.0276. The maximum absolute atomic E-state index is 11.7. The molecule has 0 fully saturated rings. The fourth-order valence-corrected chi connectivity index (χ4v) is 1.91. The first kappa shape index (κ1) is 15.3. The van der Waals surface area contributed by atoms with Crippen molar-refractivity contribution in [2.24, 2.45) is 0 Å². The zero-order chi connectivity index (χ0) is 14.4. The average molecular weight is 264 g/mol. The number of rotatable bonds is 6. The van der Waals surface area contributed by atoms with Gasteiger partial charge in [0.05, 0.1) is 0 Å². The summed E-state index contributed by atoms with van der Waals surface area (Å²) < 4.78 is 5.53. The van der Waals surface area contributed by atoms with E-state index in [2.05, 4.69) is 19.2 Å². The second-order valence-electron chi connectivity index (χ2n) is 4.84. The van der Waals surface area contributed by atoms with Gasteiger partial charge in [-0.15, -0.1) is 0 Å². The summed E-state index contributed by atoms with van der Waals surface area (Å²) in [6.07, 6.45) is 1.86. The minimum atomic E-state index is -0.0905. The van der Waals surface area contributed by atoms with Crippen LogP contribution in [0.4, 0.5) is 5.69 Å². The van der Waals surface area contributed by atoms with E-state index in [-0.39, 0.29) is 18.6 Å². The van der Waals surface area contributed by atoms with Crippen molar-refractivity contribution in [2.75, 3.05) is 12.3 Å². The number of anilines is 1. The van der Waals surface area contributed by atoms with E-state index >= 15 is 0 Å². The fraction of sp³-hybridized carbons (Fsp3) is 0.533. The monoisotopic (exact) mass is 264 g/mol. The molecule has 1 amide bonds. The standard InChI is InChI=1S/C15H24N2O2/c1-5-12(6-2)17-15(18)9-19-14-8-13(16)10(3)7-11(14)4/h7-8,12H,5-6,9,16H2,1-4H3,(H,17,18). The fourth-order valence-electron chi connectivity index (χ4n) is 1.91. The Labute approximate surface area is 115 Å². The van der Waals surface area contributed by atoms with E-state index in [1.54, 1.807) is 6.07 Å². The Morgan fingerprint density at radius 2 is 1.89 bits per heavy atom. The average Bonchev–Trinajstić information content (AvgIpc) is 2.38. The zero-order valence-electron chi connectivity index (χ0n) is 12.2. The number of aryl methyl sites for hydroxylation is 2. The third kappa shape index (κ3) is 4.47. The Balaban J connectivity index is 2.57. The molecule has 1 aromatic rings.